The first-order chi connectivity index (χ1) is 5.74. The average Bonchev–Trinajstić information content (AvgIpc) is 2.37. The molecule has 0 bridgehead atoms. The van der Waals surface area contributed by atoms with Crippen LogP contribution in [0.15, 0.2) is 5.51 Å². The minimum absolute atomic E-state index is 0.176. The number of hydrogen-bond acceptors (Lipinski definition) is 4. The van der Waals surface area contributed by atoms with Gasteiger partial charge in [0.25, 0.3) is 0 Å². The van der Waals surface area contributed by atoms with Crippen LogP contribution in [-0.4, -0.2) is 17.6 Å². The average molecular weight is 185 g/mol. The van der Waals surface area contributed by atoms with Gasteiger partial charge >= 0.3 is 5.97 Å². The predicted molar refractivity (Wildman–Crippen MR) is 47.2 cm³/mol. The quantitative estimate of drug-likeness (QED) is 0.671. The third-order valence-corrected chi connectivity index (χ3v) is 2.39. The van der Waals surface area contributed by atoms with Crippen molar-refractivity contribution in [2.75, 3.05) is 6.61 Å². The second kappa shape index (κ2) is 4.21. The molecule has 0 amide bonds. The predicted octanol–water partition coefficient (Wildman–Crippen LogP) is 1.56. The van der Waals surface area contributed by atoms with E-state index in [0.717, 1.165) is 10.6 Å². The lowest BCUT2D eigenvalue weighted by Gasteiger charge is -1.99. The summed E-state index contributed by atoms with van der Waals surface area (Å²) >= 11 is 1.49. The smallest absolute Gasteiger partial charge is 0.311 e. The fourth-order valence-corrected chi connectivity index (χ4v) is 1.60. The lowest BCUT2D eigenvalue weighted by atomic mass is 10.3. The highest BCUT2D eigenvalue weighted by atomic mass is 32.1. The fourth-order valence-electron chi connectivity index (χ4n) is 0.839. The molecule has 3 nitrogen and oxygen atoms in total. The van der Waals surface area contributed by atoms with E-state index in [4.69, 9.17) is 4.74 Å². The second-order valence-corrected chi connectivity index (χ2v) is 3.28. The van der Waals surface area contributed by atoms with Crippen molar-refractivity contribution in [1.29, 1.82) is 0 Å². The molecule has 1 rings (SSSR count). The van der Waals surface area contributed by atoms with Gasteiger partial charge in [-0.1, -0.05) is 0 Å². The summed E-state index contributed by atoms with van der Waals surface area (Å²) in [6.45, 7) is 4.14. The third-order valence-electron chi connectivity index (χ3n) is 1.46. The Morgan fingerprint density at radius 2 is 2.50 bits per heavy atom. The zero-order valence-corrected chi connectivity index (χ0v) is 7.98. The molecule has 0 atom stereocenters. The lowest BCUT2D eigenvalue weighted by Crippen LogP contribution is -2.07. The van der Waals surface area contributed by atoms with Crippen LogP contribution in [0.4, 0.5) is 0 Å². The summed E-state index contributed by atoms with van der Waals surface area (Å²) in [6.07, 6.45) is 0.352. The molecule has 12 heavy (non-hydrogen) atoms. The highest BCUT2D eigenvalue weighted by molar-refractivity contribution is 7.09. The Kier molecular flexibility index (Phi) is 3.22. The summed E-state index contributed by atoms with van der Waals surface area (Å²) in [5.74, 6) is -0.176. The Bertz CT molecular complexity index is 270. The molecule has 4 heteroatoms. The molecule has 0 aliphatic heterocycles. The van der Waals surface area contributed by atoms with Crippen molar-refractivity contribution in [1.82, 2.24) is 4.98 Å². The largest absolute Gasteiger partial charge is 0.466 e. The number of carbonyl (C=O) groups excluding carboxylic acids is 1. The SMILES string of the molecule is CCOC(=O)Cc1scnc1C. The first kappa shape index (κ1) is 9.19. The van der Waals surface area contributed by atoms with Crippen LogP contribution >= 0.6 is 11.3 Å². The van der Waals surface area contributed by atoms with Crippen molar-refractivity contribution < 1.29 is 9.53 Å². The van der Waals surface area contributed by atoms with Crippen LogP contribution in [0.3, 0.4) is 0 Å². The summed E-state index contributed by atoms with van der Waals surface area (Å²) in [5.41, 5.74) is 2.66. The molecule has 66 valence electrons. The number of hydrogen-bond donors (Lipinski definition) is 0. The zero-order chi connectivity index (χ0) is 8.97. The van der Waals surface area contributed by atoms with Crippen LogP contribution < -0.4 is 0 Å². The van der Waals surface area contributed by atoms with E-state index in [-0.39, 0.29) is 5.97 Å². The highest BCUT2D eigenvalue weighted by Gasteiger charge is 2.07. The van der Waals surface area contributed by atoms with Gasteiger partial charge in [-0.15, -0.1) is 11.3 Å². The van der Waals surface area contributed by atoms with Gasteiger partial charge in [0.2, 0.25) is 0 Å². The number of aryl methyl sites for hydroxylation is 1. The molecule has 0 aliphatic carbocycles. The van der Waals surface area contributed by atoms with E-state index in [1.807, 2.05) is 6.92 Å². The van der Waals surface area contributed by atoms with Crippen LogP contribution in [0.1, 0.15) is 17.5 Å². The normalized spacial score (nSPS) is 9.83. The Hall–Kier alpha value is -0.900. The van der Waals surface area contributed by atoms with E-state index in [1.165, 1.54) is 11.3 Å². The van der Waals surface area contributed by atoms with E-state index >= 15 is 0 Å². The molecular weight excluding hydrogens is 174 g/mol. The summed E-state index contributed by atoms with van der Waals surface area (Å²) in [6, 6.07) is 0. The van der Waals surface area contributed by atoms with Crippen molar-refractivity contribution in [3.63, 3.8) is 0 Å². The van der Waals surface area contributed by atoms with E-state index in [0.29, 0.717) is 13.0 Å². The Balaban J connectivity index is 2.52. The number of carbonyl (C=O) groups is 1. The second-order valence-electron chi connectivity index (χ2n) is 2.34. The van der Waals surface area contributed by atoms with Gasteiger partial charge in [0, 0.05) is 4.88 Å². The van der Waals surface area contributed by atoms with E-state index in [2.05, 4.69) is 4.98 Å². The molecule has 0 spiro atoms. The minimum atomic E-state index is -0.176. The van der Waals surface area contributed by atoms with Crippen molar-refractivity contribution in [2.24, 2.45) is 0 Å². The van der Waals surface area contributed by atoms with Crippen LogP contribution in [0, 0.1) is 6.92 Å². The lowest BCUT2D eigenvalue weighted by molar-refractivity contribution is -0.142. The van der Waals surface area contributed by atoms with Crippen molar-refractivity contribution >= 4 is 17.3 Å². The molecule has 1 heterocycles. The molecule has 1 aromatic rings. The van der Waals surface area contributed by atoms with Gasteiger partial charge in [0.1, 0.15) is 0 Å². The number of nitrogens with zero attached hydrogens (tertiary/aromatic N) is 1. The first-order valence-electron chi connectivity index (χ1n) is 3.78. The number of ether oxygens (including phenoxy) is 1. The standard InChI is InChI=1S/C8H11NO2S/c1-3-11-8(10)4-7-6(2)9-5-12-7/h5H,3-4H2,1-2H3. The number of esters is 1. The topological polar surface area (TPSA) is 39.2 Å². The highest BCUT2D eigenvalue weighted by Crippen LogP contribution is 2.12. The third kappa shape index (κ3) is 2.30. The van der Waals surface area contributed by atoms with Crippen LogP contribution in [0.5, 0.6) is 0 Å². The van der Waals surface area contributed by atoms with E-state index in [9.17, 15) is 4.79 Å². The van der Waals surface area contributed by atoms with Crippen molar-refractivity contribution in [3.05, 3.63) is 16.1 Å². The van der Waals surface area contributed by atoms with E-state index < -0.39 is 0 Å². The van der Waals surface area contributed by atoms with E-state index in [1.54, 1.807) is 12.4 Å². The maximum atomic E-state index is 11.0. The Morgan fingerprint density at radius 1 is 1.75 bits per heavy atom. The Morgan fingerprint density at radius 3 is 3.00 bits per heavy atom. The number of rotatable bonds is 3. The number of aromatic nitrogens is 1. The van der Waals surface area contributed by atoms with Gasteiger partial charge in [-0.3, -0.25) is 4.79 Å². The van der Waals surface area contributed by atoms with Crippen LogP contribution in [0.25, 0.3) is 0 Å². The maximum Gasteiger partial charge on any atom is 0.311 e. The molecule has 0 radical (unpaired) electrons. The molecule has 0 saturated carbocycles. The fraction of sp³-hybridized carbons (Fsp3) is 0.500. The van der Waals surface area contributed by atoms with Gasteiger partial charge in [0.05, 0.1) is 24.2 Å². The monoisotopic (exact) mass is 185 g/mol. The van der Waals surface area contributed by atoms with Crippen molar-refractivity contribution in [3.8, 4) is 0 Å². The van der Waals surface area contributed by atoms with Gasteiger partial charge in [-0.25, -0.2) is 4.98 Å². The molecule has 0 unspecified atom stereocenters. The minimum Gasteiger partial charge on any atom is -0.466 e. The molecule has 0 fully saturated rings. The zero-order valence-electron chi connectivity index (χ0n) is 7.16. The molecular formula is C8H11NO2S. The van der Waals surface area contributed by atoms with Crippen LogP contribution in [0.2, 0.25) is 0 Å². The first-order valence-corrected chi connectivity index (χ1v) is 4.66. The number of thiazole rings is 1. The van der Waals surface area contributed by atoms with Gasteiger partial charge in [-0.2, -0.15) is 0 Å². The van der Waals surface area contributed by atoms with Gasteiger partial charge in [-0.05, 0) is 13.8 Å². The molecule has 0 aliphatic rings. The summed E-state index contributed by atoms with van der Waals surface area (Å²) in [5, 5.41) is 0. The summed E-state index contributed by atoms with van der Waals surface area (Å²) < 4.78 is 4.81. The molecule has 0 saturated heterocycles. The molecule has 0 aromatic carbocycles. The van der Waals surface area contributed by atoms with Gasteiger partial charge < -0.3 is 4.74 Å². The van der Waals surface area contributed by atoms with Crippen molar-refractivity contribution in [2.45, 2.75) is 20.3 Å². The molecule has 0 N–H and O–H groups in total. The summed E-state index contributed by atoms with van der Waals surface area (Å²) in [7, 11) is 0. The summed E-state index contributed by atoms with van der Waals surface area (Å²) in [4.78, 5) is 16.1. The maximum absolute atomic E-state index is 11.0. The van der Waals surface area contributed by atoms with Gasteiger partial charge in [0.15, 0.2) is 0 Å². The van der Waals surface area contributed by atoms with Crippen LogP contribution in [-0.2, 0) is 16.0 Å². The Labute approximate surface area is 75.4 Å². The molecule has 1 aromatic heterocycles.